The third kappa shape index (κ3) is 62.8. The van der Waals surface area contributed by atoms with E-state index < -0.39 is 7.82 Å². The van der Waals surface area contributed by atoms with Crippen molar-refractivity contribution < 1.29 is 52.0 Å². The van der Waals surface area contributed by atoms with Gasteiger partial charge >= 0.3 is 0 Å². The summed E-state index contributed by atoms with van der Waals surface area (Å²) in [5, 5.41) is 0. The molecule has 0 spiro atoms. The van der Waals surface area contributed by atoms with Gasteiger partial charge in [-0.25, -0.2) is 0 Å². The molecule has 1 radical (unpaired) electrons. The van der Waals surface area contributed by atoms with Crippen LogP contribution >= 0.6 is 7.82 Å². The Morgan fingerprint density at radius 2 is 1.50 bits per heavy atom. The summed E-state index contributed by atoms with van der Waals surface area (Å²) in [7, 11) is -5.14. The van der Waals surface area contributed by atoms with Crippen LogP contribution in [0, 0.1) is 0 Å². The molecule has 0 rings (SSSR count). The number of hydrogen-bond donors (Lipinski definition) is 1. The number of phosphoric acid groups is 1. The summed E-state index contributed by atoms with van der Waals surface area (Å²) in [6, 6.07) is 0. The molecule has 0 aliphatic carbocycles. The van der Waals surface area contributed by atoms with Crippen LogP contribution in [0.15, 0.2) is 0 Å². The fourth-order valence-electron chi connectivity index (χ4n) is 0. The van der Waals surface area contributed by atoms with Gasteiger partial charge < -0.3 is 19.2 Å². The molecule has 6 heteroatoms. The van der Waals surface area contributed by atoms with Crippen LogP contribution in [0.1, 0.15) is 0 Å². The predicted octanol–water partition coefficient (Wildman–Crippen LogP) is -2.20. The van der Waals surface area contributed by atoms with E-state index in [1.54, 1.807) is 0 Å². The first-order valence-electron chi connectivity index (χ1n) is 0.748. The summed E-state index contributed by atoms with van der Waals surface area (Å²) in [6.07, 6.45) is 0. The third-order valence-corrected chi connectivity index (χ3v) is 0. The maximum atomic E-state index is 8.66. The molecule has 0 aromatic carbocycles. The van der Waals surface area contributed by atoms with Crippen LogP contribution in [-0.2, 0) is 37.3 Å². The third-order valence-electron chi connectivity index (χ3n) is 0. The van der Waals surface area contributed by atoms with Crippen molar-refractivity contribution in [3.8, 4) is 0 Å². The van der Waals surface area contributed by atoms with E-state index in [-0.39, 0.29) is 32.7 Å². The summed E-state index contributed by atoms with van der Waals surface area (Å²) < 4.78 is 8.66. The summed E-state index contributed by atoms with van der Waals surface area (Å²) in [6.45, 7) is 0. The zero-order chi connectivity index (χ0) is 4.50. The largest absolute Gasteiger partial charge is 0.790 e. The molecule has 0 bridgehead atoms. The molecule has 0 aromatic heterocycles. The Labute approximate surface area is 59.7 Å². The second-order valence-corrected chi connectivity index (χ2v) is 1.41. The van der Waals surface area contributed by atoms with Crippen LogP contribution in [0.4, 0.5) is 0 Å². The Morgan fingerprint density at radius 3 is 1.50 bits per heavy atom. The zero-order valence-corrected chi connectivity index (χ0v) is 6.43. The molecule has 0 amide bonds. The van der Waals surface area contributed by atoms with Crippen LogP contribution < -0.4 is 9.79 Å². The Kier molecular flexibility index (Phi) is 5.54. The molecule has 0 unspecified atom stereocenters. The minimum absolute atomic E-state index is 0. The molecule has 6 heavy (non-hydrogen) atoms. The van der Waals surface area contributed by atoms with Crippen molar-refractivity contribution in [3.63, 3.8) is 0 Å². The quantitative estimate of drug-likeness (QED) is 0.434. The Bertz CT molecular complexity index is 53.7. The van der Waals surface area contributed by atoms with E-state index in [9.17, 15) is 0 Å². The van der Waals surface area contributed by atoms with Gasteiger partial charge in [-0.3, -0.25) is 0 Å². The SMILES string of the molecule is O=P([O-])([O-])O.[Y]. The normalized spacial score (nSPS) is 9.83. The zero-order valence-electron chi connectivity index (χ0n) is 2.70. The Hall–Kier alpha value is 1.21. The van der Waals surface area contributed by atoms with Gasteiger partial charge in [-0.15, -0.1) is 0 Å². The average molecular weight is 185 g/mol. The summed E-state index contributed by atoms with van der Waals surface area (Å²) >= 11 is 0. The van der Waals surface area contributed by atoms with Gasteiger partial charge in [0.05, 0.1) is 7.82 Å². The van der Waals surface area contributed by atoms with E-state index in [4.69, 9.17) is 19.2 Å². The van der Waals surface area contributed by atoms with Gasteiger partial charge in [-0.2, -0.15) is 0 Å². The van der Waals surface area contributed by atoms with Gasteiger partial charge in [-0.05, 0) is 0 Å². The van der Waals surface area contributed by atoms with Crippen LogP contribution in [0.25, 0.3) is 0 Å². The summed E-state index contributed by atoms with van der Waals surface area (Å²) in [5.41, 5.74) is 0. The fraction of sp³-hybridized carbons (Fsp3) is 0. The van der Waals surface area contributed by atoms with E-state index in [0.717, 1.165) is 0 Å². The molecule has 0 heterocycles. The van der Waals surface area contributed by atoms with E-state index in [0.29, 0.717) is 0 Å². The van der Waals surface area contributed by atoms with Gasteiger partial charge in [0.15, 0.2) is 0 Å². The molecule has 1 N–H and O–H groups in total. The molecule has 4 nitrogen and oxygen atoms in total. The van der Waals surface area contributed by atoms with Crippen molar-refractivity contribution in [2.24, 2.45) is 0 Å². The van der Waals surface area contributed by atoms with Crippen LogP contribution in [0.2, 0.25) is 0 Å². The summed E-state index contributed by atoms with van der Waals surface area (Å²) in [5.74, 6) is 0. The van der Waals surface area contributed by atoms with Crippen LogP contribution in [0.3, 0.4) is 0 Å². The smallest absolute Gasteiger partial charge is 0.0557 e. The minimum Gasteiger partial charge on any atom is -0.790 e. The monoisotopic (exact) mass is 185 g/mol. The van der Waals surface area contributed by atoms with Crippen LogP contribution in [0.5, 0.6) is 0 Å². The van der Waals surface area contributed by atoms with Crippen molar-refractivity contribution in [1.29, 1.82) is 0 Å². The van der Waals surface area contributed by atoms with Gasteiger partial charge in [0, 0.05) is 32.7 Å². The van der Waals surface area contributed by atoms with E-state index in [1.807, 2.05) is 0 Å². The first kappa shape index (κ1) is 10.2. The van der Waals surface area contributed by atoms with Gasteiger partial charge in [0.2, 0.25) is 0 Å². The molecule has 0 aliphatic rings. The number of rotatable bonds is 0. The minimum atomic E-state index is -5.14. The first-order valence-corrected chi connectivity index (χ1v) is 2.24. The molecule has 0 saturated heterocycles. The van der Waals surface area contributed by atoms with Crippen LogP contribution in [-0.4, -0.2) is 4.89 Å². The predicted molar refractivity (Wildman–Crippen MR) is 9.83 cm³/mol. The van der Waals surface area contributed by atoms with Crippen molar-refractivity contribution in [2.75, 3.05) is 0 Å². The molecule has 0 aliphatic heterocycles. The van der Waals surface area contributed by atoms with E-state index in [1.165, 1.54) is 0 Å². The van der Waals surface area contributed by atoms with Gasteiger partial charge in [0.25, 0.3) is 0 Å². The summed E-state index contributed by atoms with van der Waals surface area (Å²) in [4.78, 5) is 24.3. The topological polar surface area (TPSA) is 83.4 Å². The second-order valence-electron chi connectivity index (χ2n) is 0.469. The van der Waals surface area contributed by atoms with E-state index >= 15 is 0 Å². The Balaban J connectivity index is 0. The maximum absolute atomic E-state index is 8.66. The maximum Gasteiger partial charge on any atom is 0.0557 e. The standard InChI is InChI=1S/H3O4P.Y/c1-5(2,3)4;/h(H3,1,2,3,4);/p-2. The Morgan fingerprint density at radius 1 is 1.50 bits per heavy atom. The number of hydrogen-bond acceptors (Lipinski definition) is 3. The fourth-order valence-corrected chi connectivity index (χ4v) is 0. The van der Waals surface area contributed by atoms with Gasteiger partial charge in [-0.1, -0.05) is 0 Å². The second kappa shape index (κ2) is 3.25. The molecular weight excluding hydrogens is 184 g/mol. The van der Waals surface area contributed by atoms with Crippen molar-refractivity contribution in [3.05, 3.63) is 0 Å². The molecule has 35 valence electrons. The first-order chi connectivity index (χ1) is 2.00. The average Bonchev–Trinajstić information content (AvgIpc) is 0.722. The van der Waals surface area contributed by atoms with E-state index in [2.05, 4.69) is 0 Å². The van der Waals surface area contributed by atoms with Crippen molar-refractivity contribution in [1.82, 2.24) is 0 Å². The van der Waals surface area contributed by atoms with Gasteiger partial charge in [0.1, 0.15) is 0 Å². The van der Waals surface area contributed by atoms with Crippen molar-refractivity contribution >= 4 is 7.82 Å². The molecular formula is HO4PY-2. The molecule has 0 fully saturated rings. The molecule has 0 saturated carbocycles. The van der Waals surface area contributed by atoms with Crippen molar-refractivity contribution in [2.45, 2.75) is 0 Å². The molecule has 0 atom stereocenters. The molecule has 0 aromatic rings.